The van der Waals surface area contributed by atoms with Crippen LogP contribution in [0.5, 0.6) is 0 Å². The second-order valence-electron chi connectivity index (χ2n) is 8.51. The van der Waals surface area contributed by atoms with Crippen LogP contribution >= 0.6 is 0 Å². The molecule has 6 heteroatoms. The van der Waals surface area contributed by atoms with Gasteiger partial charge in [0.05, 0.1) is 0 Å². The van der Waals surface area contributed by atoms with Gasteiger partial charge in [-0.2, -0.15) is 0 Å². The SMILES string of the molecule is O=C(NCc1ccc(C(=O)N2CCCN(c3ccc(F)cc3)CC2)cc1)C1CCCC1. The second kappa shape index (κ2) is 9.94. The molecule has 0 radical (unpaired) electrons. The molecule has 1 saturated carbocycles. The maximum Gasteiger partial charge on any atom is 0.253 e. The number of hydrogen-bond acceptors (Lipinski definition) is 3. The highest BCUT2D eigenvalue weighted by atomic mass is 19.1. The molecule has 2 fully saturated rings. The van der Waals surface area contributed by atoms with Crippen LogP contribution in [0.25, 0.3) is 0 Å². The van der Waals surface area contributed by atoms with Crippen molar-refractivity contribution in [2.24, 2.45) is 5.92 Å². The van der Waals surface area contributed by atoms with Gasteiger partial charge in [-0.1, -0.05) is 25.0 Å². The molecule has 0 bridgehead atoms. The third-order valence-corrected chi connectivity index (χ3v) is 6.37. The zero-order valence-electron chi connectivity index (χ0n) is 17.9. The summed E-state index contributed by atoms with van der Waals surface area (Å²) >= 11 is 0. The Morgan fingerprint density at radius 3 is 2.29 bits per heavy atom. The van der Waals surface area contributed by atoms with Crippen LogP contribution in [0.1, 0.15) is 48.0 Å². The van der Waals surface area contributed by atoms with E-state index in [2.05, 4.69) is 10.2 Å². The zero-order chi connectivity index (χ0) is 21.6. The van der Waals surface area contributed by atoms with Gasteiger partial charge in [-0.3, -0.25) is 9.59 Å². The highest BCUT2D eigenvalue weighted by Crippen LogP contribution is 2.24. The van der Waals surface area contributed by atoms with Gasteiger partial charge in [0, 0.05) is 49.9 Å². The first kappa shape index (κ1) is 21.3. The molecular weight excluding hydrogens is 393 g/mol. The molecule has 2 aliphatic rings. The van der Waals surface area contributed by atoms with Gasteiger partial charge >= 0.3 is 0 Å². The quantitative estimate of drug-likeness (QED) is 0.791. The molecule has 1 N–H and O–H groups in total. The first-order valence-electron chi connectivity index (χ1n) is 11.3. The highest BCUT2D eigenvalue weighted by Gasteiger charge is 2.23. The van der Waals surface area contributed by atoms with Crippen LogP contribution in [0.3, 0.4) is 0 Å². The summed E-state index contributed by atoms with van der Waals surface area (Å²) in [5, 5.41) is 3.02. The summed E-state index contributed by atoms with van der Waals surface area (Å²) in [7, 11) is 0. The smallest absolute Gasteiger partial charge is 0.253 e. The summed E-state index contributed by atoms with van der Waals surface area (Å²) in [5.41, 5.74) is 2.65. The molecule has 0 unspecified atom stereocenters. The van der Waals surface area contributed by atoms with Crippen molar-refractivity contribution < 1.29 is 14.0 Å². The molecule has 1 aliphatic carbocycles. The fraction of sp³-hybridized carbons (Fsp3) is 0.440. The van der Waals surface area contributed by atoms with E-state index in [4.69, 9.17) is 0 Å². The number of halogens is 1. The lowest BCUT2D eigenvalue weighted by Gasteiger charge is -2.24. The first-order valence-corrected chi connectivity index (χ1v) is 11.3. The minimum absolute atomic E-state index is 0.0301. The lowest BCUT2D eigenvalue weighted by atomic mass is 10.1. The molecule has 2 amide bonds. The van der Waals surface area contributed by atoms with Crippen molar-refractivity contribution in [2.75, 3.05) is 31.1 Å². The fourth-order valence-corrected chi connectivity index (χ4v) is 4.50. The molecule has 1 heterocycles. The van der Waals surface area contributed by atoms with Gasteiger partial charge in [0.1, 0.15) is 5.82 Å². The van der Waals surface area contributed by atoms with E-state index in [9.17, 15) is 14.0 Å². The number of hydrogen-bond donors (Lipinski definition) is 1. The summed E-state index contributed by atoms with van der Waals surface area (Å²) in [6.07, 6.45) is 5.15. The zero-order valence-corrected chi connectivity index (χ0v) is 17.9. The van der Waals surface area contributed by atoms with E-state index >= 15 is 0 Å². The van der Waals surface area contributed by atoms with Crippen LogP contribution in [0.15, 0.2) is 48.5 Å². The Balaban J connectivity index is 1.30. The van der Waals surface area contributed by atoms with Gasteiger partial charge in [0.25, 0.3) is 5.91 Å². The fourth-order valence-electron chi connectivity index (χ4n) is 4.50. The minimum Gasteiger partial charge on any atom is -0.370 e. The van der Waals surface area contributed by atoms with E-state index in [-0.39, 0.29) is 23.5 Å². The maximum atomic E-state index is 13.2. The van der Waals surface area contributed by atoms with E-state index < -0.39 is 0 Å². The second-order valence-corrected chi connectivity index (χ2v) is 8.51. The summed E-state index contributed by atoms with van der Waals surface area (Å²) in [6, 6.07) is 14.1. The monoisotopic (exact) mass is 423 g/mol. The molecule has 2 aromatic carbocycles. The predicted molar refractivity (Wildman–Crippen MR) is 119 cm³/mol. The molecule has 0 spiro atoms. The summed E-state index contributed by atoms with van der Waals surface area (Å²) in [6.45, 7) is 3.41. The third-order valence-electron chi connectivity index (χ3n) is 6.37. The van der Waals surface area contributed by atoms with Gasteiger partial charge in [-0.05, 0) is 61.2 Å². The minimum atomic E-state index is -0.239. The van der Waals surface area contributed by atoms with Crippen molar-refractivity contribution in [1.82, 2.24) is 10.2 Å². The Kier molecular flexibility index (Phi) is 6.85. The molecule has 5 nitrogen and oxygen atoms in total. The van der Waals surface area contributed by atoms with Crippen LogP contribution in [0, 0.1) is 11.7 Å². The average molecular weight is 424 g/mol. The molecule has 0 atom stereocenters. The van der Waals surface area contributed by atoms with E-state index in [0.29, 0.717) is 25.2 Å². The number of rotatable bonds is 5. The molecule has 2 aromatic rings. The standard InChI is InChI=1S/C25H30FN3O2/c26-22-10-12-23(13-11-22)28-14-3-15-29(17-16-28)25(31)21-8-6-19(7-9-21)18-27-24(30)20-4-1-2-5-20/h6-13,20H,1-5,14-18H2,(H,27,30). The van der Waals surface area contributed by atoms with Gasteiger partial charge in [-0.25, -0.2) is 4.39 Å². The Labute approximate surface area is 183 Å². The van der Waals surface area contributed by atoms with Crippen molar-refractivity contribution in [3.8, 4) is 0 Å². The Morgan fingerprint density at radius 2 is 1.58 bits per heavy atom. The van der Waals surface area contributed by atoms with Crippen LogP contribution in [-0.2, 0) is 11.3 Å². The van der Waals surface area contributed by atoms with Crippen LogP contribution in [-0.4, -0.2) is 42.9 Å². The maximum absolute atomic E-state index is 13.2. The van der Waals surface area contributed by atoms with E-state index in [1.807, 2.05) is 29.2 Å². The highest BCUT2D eigenvalue weighted by molar-refractivity contribution is 5.94. The molecule has 0 aromatic heterocycles. The molecule has 164 valence electrons. The van der Waals surface area contributed by atoms with Gasteiger partial charge in [0.15, 0.2) is 0 Å². The third kappa shape index (κ3) is 5.43. The number of nitrogens with one attached hydrogen (secondary N) is 1. The average Bonchev–Trinajstić information content (AvgIpc) is 3.23. The number of anilines is 1. The molecule has 1 saturated heterocycles. The molecule has 4 rings (SSSR count). The number of benzene rings is 2. The molecular formula is C25H30FN3O2. The summed E-state index contributed by atoms with van der Waals surface area (Å²) < 4.78 is 13.2. The lowest BCUT2D eigenvalue weighted by Crippen LogP contribution is -2.35. The number of nitrogens with zero attached hydrogens (tertiary/aromatic N) is 2. The van der Waals surface area contributed by atoms with Crippen LogP contribution in [0.2, 0.25) is 0 Å². The first-order chi connectivity index (χ1) is 15.1. The van der Waals surface area contributed by atoms with Crippen molar-refractivity contribution in [1.29, 1.82) is 0 Å². The van der Waals surface area contributed by atoms with E-state index in [0.717, 1.165) is 56.4 Å². The van der Waals surface area contributed by atoms with Crippen molar-refractivity contribution in [2.45, 2.75) is 38.6 Å². The van der Waals surface area contributed by atoms with Gasteiger partial charge in [-0.15, -0.1) is 0 Å². The largest absolute Gasteiger partial charge is 0.370 e. The van der Waals surface area contributed by atoms with Crippen LogP contribution < -0.4 is 10.2 Å². The van der Waals surface area contributed by atoms with E-state index in [1.165, 1.54) is 12.1 Å². The van der Waals surface area contributed by atoms with Gasteiger partial charge < -0.3 is 15.1 Å². The predicted octanol–water partition coefficient (Wildman–Crippen LogP) is 3.98. The topological polar surface area (TPSA) is 52.7 Å². The summed E-state index contributed by atoms with van der Waals surface area (Å²) in [4.78, 5) is 29.3. The number of carbonyl (C=O) groups is 2. The van der Waals surface area contributed by atoms with Crippen LogP contribution in [0.4, 0.5) is 10.1 Å². The van der Waals surface area contributed by atoms with Crippen molar-refractivity contribution in [3.63, 3.8) is 0 Å². The van der Waals surface area contributed by atoms with Crippen molar-refractivity contribution in [3.05, 3.63) is 65.5 Å². The molecule has 31 heavy (non-hydrogen) atoms. The Morgan fingerprint density at radius 1 is 0.871 bits per heavy atom. The lowest BCUT2D eigenvalue weighted by molar-refractivity contribution is -0.124. The number of amides is 2. The Bertz CT molecular complexity index is 892. The van der Waals surface area contributed by atoms with Gasteiger partial charge in [0.2, 0.25) is 5.91 Å². The number of carbonyl (C=O) groups excluding carboxylic acids is 2. The Hall–Kier alpha value is -2.89. The van der Waals surface area contributed by atoms with Crippen molar-refractivity contribution >= 4 is 17.5 Å². The normalized spacial score (nSPS) is 17.5. The summed E-state index contributed by atoms with van der Waals surface area (Å²) in [5.74, 6) is 0.103. The van der Waals surface area contributed by atoms with E-state index in [1.54, 1.807) is 12.1 Å². The molecule has 1 aliphatic heterocycles.